The molecule has 0 spiro atoms. The lowest BCUT2D eigenvalue weighted by atomic mass is 9.91. The van der Waals surface area contributed by atoms with Crippen molar-refractivity contribution in [2.45, 2.75) is 32.4 Å². The van der Waals surface area contributed by atoms with Crippen LogP contribution in [0.15, 0.2) is 88.7 Å². The normalized spacial score (nSPS) is 16.4. The molecule has 2 aromatic carbocycles. The van der Waals surface area contributed by atoms with Crippen LogP contribution in [0.5, 0.6) is 0 Å². The van der Waals surface area contributed by atoms with Gasteiger partial charge in [-0.25, -0.2) is 0 Å². The number of aliphatic hydroxyl groups is 1. The molecule has 0 saturated carbocycles. The van der Waals surface area contributed by atoms with Gasteiger partial charge in [-0.15, -0.1) is 0 Å². The van der Waals surface area contributed by atoms with Gasteiger partial charge in [0.15, 0.2) is 11.5 Å². The first kappa shape index (κ1) is 19.7. The number of hydrogen-bond donors (Lipinski definition) is 1. The van der Waals surface area contributed by atoms with E-state index in [2.05, 4.69) is 0 Å². The summed E-state index contributed by atoms with van der Waals surface area (Å²) in [6, 6.07) is 20.2. The molecule has 0 aliphatic carbocycles. The van der Waals surface area contributed by atoms with Gasteiger partial charge in [-0.2, -0.15) is 0 Å². The lowest BCUT2D eigenvalue weighted by Gasteiger charge is -2.27. The lowest BCUT2D eigenvalue weighted by Crippen LogP contribution is -2.31. The number of nitrogens with zero attached hydrogens (tertiary/aromatic N) is 1. The molecule has 5 heteroatoms. The van der Waals surface area contributed by atoms with Crippen LogP contribution in [0.3, 0.4) is 0 Å². The van der Waals surface area contributed by atoms with E-state index in [4.69, 9.17) is 4.42 Å². The number of rotatable bonds is 7. The Balaban J connectivity index is 1.68. The van der Waals surface area contributed by atoms with E-state index >= 15 is 0 Å². The van der Waals surface area contributed by atoms with Gasteiger partial charge in [-0.3, -0.25) is 9.59 Å². The van der Waals surface area contributed by atoms with E-state index in [1.807, 2.05) is 61.5 Å². The Morgan fingerprint density at radius 3 is 2.47 bits per heavy atom. The molecule has 2 heterocycles. The van der Waals surface area contributed by atoms with Gasteiger partial charge >= 0.3 is 0 Å². The summed E-state index contributed by atoms with van der Waals surface area (Å²) in [5, 5.41) is 10.7. The Morgan fingerprint density at radius 1 is 1.03 bits per heavy atom. The summed E-state index contributed by atoms with van der Waals surface area (Å²) in [4.78, 5) is 27.6. The molecule has 30 heavy (non-hydrogen) atoms. The number of furan rings is 1. The molecule has 4 rings (SSSR count). The molecule has 1 atom stereocenters. The summed E-state index contributed by atoms with van der Waals surface area (Å²) in [5.41, 5.74) is 2.97. The number of benzene rings is 2. The van der Waals surface area contributed by atoms with Gasteiger partial charge in [0.2, 0.25) is 0 Å². The Morgan fingerprint density at radius 2 is 1.77 bits per heavy atom. The van der Waals surface area contributed by atoms with Crippen molar-refractivity contribution in [3.8, 4) is 0 Å². The summed E-state index contributed by atoms with van der Waals surface area (Å²) < 4.78 is 5.42. The van der Waals surface area contributed by atoms with Crippen LogP contribution >= 0.6 is 0 Å². The summed E-state index contributed by atoms with van der Waals surface area (Å²) in [7, 11) is 0. The van der Waals surface area contributed by atoms with Crippen molar-refractivity contribution in [2.75, 3.05) is 0 Å². The highest BCUT2D eigenvalue weighted by atomic mass is 16.3. The monoisotopic (exact) mass is 401 g/mol. The molecule has 152 valence electrons. The highest BCUT2D eigenvalue weighted by molar-refractivity contribution is 6.09. The maximum Gasteiger partial charge on any atom is 0.290 e. The van der Waals surface area contributed by atoms with Crippen molar-refractivity contribution in [1.82, 2.24) is 4.90 Å². The molecule has 3 aromatic rings. The van der Waals surface area contributed by atoms with Crippen LogP contribution in [0.2, 0.25) is 0 Å². The quantitative estimate of drug-likeness (QED) is 0.624. The molecule has 0 fully saturated rings. The zero-order chi connectivity index (χ0) is 21.1. The Labute approximate surface area is 175 Å². The average Bonchev–Trinajstić information content (AvgIpc) is 3.36. The zero-order valence-electron chi connectivity index (χ0n) is 16.7. The SMILES string of the molecule is Cc1ccccc1C1C(C(=O)CCc2ccccc2)=C(O)C(=O)N1Cc1ccco1. The van der Waals surface area contributed by atoms with E-state index in [0.717, 1.165) is 16.7 Å². The topological polar surface area (TPSA) is 70.8 Å². The minimum atomic E-state index is -0.646. The second kappa shape index (κ2) is 8.41. The van der Waals surface area contributed by atoms with Crippen LogP contribution in [0, 0.1) is 6.92 Å². The van der Waals surface area contributed by atoms with Crippen LogP contribution in [0.1, 0.15) is 34.9 Å². The number of aliphatic hydroxyl groups excluding tert-OH is 1. The molecular weight excluding hydrogens is 378 g/mol. The van der Waals surface area contributed by atoms with E-state index < -0.39 is 17.7 Å². The van der Waals surface area contributed by atoms with Crippen molar-refractivity contribution in [3.63, 3.8) is 0 Å². The number of Topliss-reactive ketones (excluding diaryl/α,β-unsaturated/α-hetero) is 1. The largest absolute Gasteiger partial charge is 0.503 e. The first-order chi connectivity index (χ1) is 14.6. The molecule has 1 unspecified atom stereocenters. The third kappa shape index (κ3) is 3.79. The van der Waals surface area contributed by atoms with Gasteiger partial charge in [0.05, 0.1) is 24.4 Å². The van der Waals surface area contributed by atoms with Crippen LogP contribution < -0.4 is 0 Å². The first-order valence-electron chi connectivity index (χ1n) is 9.95. The molecule has 1 aromatic heterocycles. The van der Waals surface area contributed by atoms with E-state index in [1.165, 1.54) is 11.2 Å². The zero-order valence-corrected chi connectivity index (χ0v) is 16.7. The smallest absolute Gasteiger partial charge is 0.290 e. The third-order valence-corrected chi connectivity index (χ3v) is 5.48. The summed E-state index contributed by atoms with van der Waals surface area (Å²) >= 11 is 0. The maximum atomic E-state index is 13.2. The molecule has 5 nitrogen and oxygen atoms in total. The van der Waals surface area contributed by atoms with Crippen LogP contribution in [0.25, 0.3) is 0 Å². The van der Waals surface area contributed by atoms with Crippen LogP contribution in [-0.4, -0.2) is 21.7 Å². The molecule has 0 radical (unpaired) electrons. The second-order valence-corrected chi connectivity index (χ2v) is 7.44. The highest BCUT2D eigenvalue weighted by Crippen LogP contribution is 2.40. The average molecular weight is 401 g/mol. The minimum Gasteiger partial charge on any atom is -0.503 e. The van der Waals surface area contributed by atoms with Gasteiger partial charge in [-0.05, 0) is 42.2 Å². The molecule has 0 bridgehead atoms. The predicted molar refractivity (Wildman–Crippen MR) is 113 cm³/mol. The molecule has 1 aliphatic rings. The summed E-state index contributed by atoms with van der Waals surface area (Å²) in [5.74, 6) is -0.650. The number of carbonyl (C=O) groups excluding carboxylic acids is 2. The van der Waals surface area contributed by atoms with Crippen molar-refractivity contribution in [1.29, 1.82) is 0 Å². The van der Waals surface area contributed by atoms with Crippen molar-refractivity contribution in [3.05, 3.63) is 107 Å². The van der Waals surface area contributed by atoms with E-state index in [0.29, 0.717) is 12.2 Å². The van der Waals surface area contributed by atoms with Gasteiger partial charge in [0, 0.05) is 6.42 Å². The number of amides is 1. The van der Waals surface area contributed by atoms with E-state index in [-0.39, 0.29) is 24.3 Å². The van der Waals surface area contributed by atoms with Gasteiger partial charge < -0.3 is 14.4 Å². The predicted octanol–water partition coefficient (Wildman–Crippen LogP) is 4.69. The summed E-state index contributed by atoms with van der Waals surface area (Å²) in [6.07, 6.45) is 2.30. The van der Waals surface area contributed by atoms with Crippen LogP contribution in [0.4, 0.5) is 0 Å². The summed E-state index contributed by atoms with van der Waals surface area (Å²) in [6.45, 7) is 2.11. The molecule has 1 aliphatic heterocycles. The molecule has 1 N–H and O–H groups in total. The van der Waals surface area contributed by atoms with Crippen molar-refractivity contribution >= 4 is 11.7 Å². The Bertz CT molecular complexity index is 1080. The van der Waals surface area contributed by atoms with Gasteiger partial charge in [-0.1, -0.05) is 54.6 Å². The van der Waals surface area contributed by atoms with Crippen LogP contribution in [-0.2, 0) is 22.6 Å². The van der Waals surface area contributed by atoms with Crippen molar-refractivity contribution in [2.24, 2.45) is 0 Å². The fourth-order valence-corrected chi connectivity index (χ4v) is 3.93. The Hall–Kier alpha value is -3.60. The number of hydrogen-bond acceptors (Lipinski definition) is 4. The van der Waals surface area contributed by atoms with Gasteiger partial charge in [0.25, 0.3) is 5.91 Å². The first-order valence-corrected chi connectivity index (χ1v) is 9.95. The fourth-order valence-electron chi connectivity index (χ4n) is 3.93. The number of carbonyl (C=O) groups is 2. The van der Waals surface area contributed by atoms with Gasteiger partial charge in [0.1, 0.15) is 5.76 Å². The van der Waals surface area contributed by atoms with E-state index in [9.17, 15) is 14.7 Å². The molecule has 1 amide bonds. The molecule has 0 saturated heterocycles. The minimum absolute atomic E-state index is 0.164. The van der Waals surface area contributed by atoms with E-state index in [1.54, 1.807) is 12.1 Å². The third-order valence-electron chi connectivity index (χ3n) is 5.48. The number of aryl methyl sites for hydroxylation is 2. The molecular formula is C25H23NO4. The lowest BCUT2D eigenvalue weighted by molar-refractivity contribution is -0.130. The number of ketones is 1. The Kier molecular flexibility index (Phi) is 5.53. The highest BCUT2D eigenvalue weighted by Gasteiger charge is 2.43. The second-order valence-electron chi connectivity index (χ2n) is 7.44. The van der Waals surface area contributed by atoms with Crippen molar-refractivity contribution < 1.29 is 19.1 Å². The standard InChI is InChI=1S/C25H23NO4/c1-17-8-5-6-12-20(17)23-22(21(27)14-13-18-9-3-2-4-10-18)24(28)25(29)26(23)16-19-11-7-15-30-19/h2-12,15,23,28H,13-14,16H2,1H3. The maximum absolute atomic E-state index is 13.2. The fraction of sp³-hybridized carbons (Fsp3) is 0.200.